The van der Waals surface area contributed by atoms with E-state index in [0.29, 0.717) is 19.8 Å². The minimum Gasteiger partial charge on any atom is -0.375 e. The van der Waals surface area contributed by atoms with E-state index in [4.69, 9.17) is 4.74 Å². The van der Waals surface area contributed by atoms with Gasteiger partial charge in [0.1, 0.15) is 0 Å². The first-order chi connectivity index (χ1) is 8.23. The molecule has 0 saturated carbocycles. The average Bonchev–Trinajstić information content (AvgIpc) is 2.23. The zero-order chi connectivity index (χ0) is 14.2. The molecule has 0 saturated heterocycles. The van der Waals surface area contributed by atoms with Gasteiger partial charge < -0.3 is 15.4 Å². The lowest BCUT2D eigenvalue weighted by Crippen LogP contribution is -2.42. The molecule has 0 unspecified atom stereocenters. The number of hydrogen-bond donors (Lipinski definition) is 2. The van der Waals surface area contributed by atoms with E-state index in [-0.39, 0.29) is 18.4 Å². The molecule has 0 heterocycles. The van der Waals surface area contributed by atoms with E-state index in [1.165, 1.54) is 0 Å². The molecule has 0 aliphatic carbocycles. The molecule has 0 aromatic rings. The predicted octanol–water partition coefficient (Wildman–Crippen LogP) is 0.858. The molecule has 0 radical (unpaired) electrons. The predicted molar refractivity (Wildman–Crippen MR) is 71.1 cm³/mol. The van der Waals surface area contributed by atoms with Crippen molar-refractivity contribution in [1.82, 2.24) is 10.6 Å². The summed E-state index contributed by atoms with van der Waals surface area (Å²) in [5.41, 5.74) is 0.462. The number of hydrogen-bond acceptors (Lipinski definition) is 3. The Hall–Kier alpha value is -1.36. The Morgan fingerprint density at radius 3 is 2.33 bits per heavy atom. The maximum atomic E-state index is 11.5. The number of carbonyl (C=O) groups excluding carboxylic acids is 2. The van der Waals surface area contributed by atoms with Crippen molar-refractivity contribution in [2.45, 2.75) is 27.7 Å². The molecule has 0 spiro atoms. The van der Waals surface area contributed by atoms with E-state index >= 15 is 0 Å². The van der Waals surface area contributed by atoms with E-state index in [1.54, 1.807) is 20.8 Å². The number of nitrogens with one attached hydrogen (secondary N) is 2. The fourth-order valence-electron chi connectivity index (χ4n) is 0.997. The number of amides is 2. The van der Waals surface area contributed by atoms with Gasteiger partial charge >= 0.3 is 0 Å². The van der Waals surface area contributed by atoms with Gasteiger partial charge in [-0.05, 0) is 6.92 Å². The van der Waals surface area contributed by atoms with Gasteiger partial charge in [0, 0.05) is 12.0 Å². The summed E-state index contributed by atoms with van der Waals surface area (Å²) in [6, 6.07) is 0. The summed E-state index contributed by atoms with van der Waals surface area (Å²) < 4.78 is 5.22. The topological polar surface area (TPSA) is 67.4 Å². The van der Waals surface area contributed by atoms with Crippen LogP contribution in [0.25, 0.3) is 0 Å². The van der Waals surface area contributed by atoms with Crippen LogP contribution >= 0.6 is 0 Å². The third kappa shape index (κ3) is 8.75. The lowest BCUT2D eigenvalue weighted by atomic mass is 9.96. The highest BCUT2D eigenvalue weighted by Crippen LogP contribution is 2.11. The standard InChI is InChI=1S/C13H24N2O3/c1-10(2)9-18-7-6-14-11(16)8-15-12(17)13(3,4)5/h1,6-9H2,2-5H3,(H,14,16)(H,15,17). The maximum absolute atomic E-state index is 11.5. The summed E-state index contributed by atoms with van der Waals surface area (Å²) >= 11 is 0. The highest BCUT2D eigenvalue weighted by Gasteiger charge is 2.21. The quantitative estimate of drug-likeness (QED) is 0.524. The second kappa shape index (κ2) is 7.87. The van der Waals surface area contributed by atoms with Crippen molar-refractivity contribution in [3.8, 4) is 0 Å². The highest BCUT2D eigenvalue weighted by atomic mass is 16.5. The van der Waals surface area contributed by atoms with Gasteiger partial charge in [0.2, 0.25) is 11.8 Å². The van der Waals surface area contributed by atoms with Crippen molar-refractivity contribution in [1.29, 1.82) is 0 Å². The largest absolute Gasteiger partial charge is 0.375 e. The van der Waals surface area contributed by atoms with E-state index in [0.717, 1.165) is 5.57 Å². The van der Waals surface area contributed by atoms with Crippen LogP contribution in [0.5, 0.6) is 0 Å². The van der Waals surface area contributed by atoms with E-state index in [1.807, 2.05) is 6.92 Å². The Morgan fingerprint density at radius 1 is 1.22 bits per heavy atom. The van der Waals surface area contributed by atoms with Crippen LogP contribution in [-0.4, -0.2) is 38.1 Å². The van der Waals surface area contributed by atoms with Gasteiger partial charge in [0.15, 0.2) is 0 Å². The molecule has 0 rings (SSSR count). The first-order valence-corrected chi connectivity index (χ1v) is 6.00. The molecule has 5 nitrogen and oxygen atoms in total. The SMILES string of the molecule is C=C(C)COCCNC(=O)CNC(=O)C(C)(C)C. The summed E-state index contributed by atoms with van der Waals surface area (Å²) in [6.07, 6.45) is 0. The zero-order valence-corrected chi connectivity index (χ0v) is 11.8. The van der Waals surface area contributed by atoms with Gasteiger partial charge in [0.25, 0.3) is 0 Å². The summed E-state index contributed by atoms with van der Waals surface area (Å²) in [7, 11) is 0. The zero-order valence-electron chi connectivity index (χ0n) is 11.8. The van der Waals surface area contributed by atoms with Crippen molar-refractivity contribution < 1.29 is 14.3 Å². The summed E-state index contributed by atoms with van der Waals surface area (Å²) in [5.74, 6) is -0.359. The van der Waals surface area contributed by atoms with Crippen LogP contribution in [0, 0.1) is 5.41 Å². The molecular formula is C13H24N2O3. The van der Waals surface area contributed by atoms with Crippen LogP contribution < -0.4 is 10.6 Å². The van der Waals surface area contributed by atoms with E-state index < -0.39 is 5.41 Å². The molecule has 0 aromatic carbocycles. The van der Waals surface area contributed by atoms with E-state index in [9.17, 15) is 9.59 Å². The van der Waals surface area contributed by atoms with Gasteiger partial charge in [-0.25, -0.2) is 0 Å². The van der Waals surface area contributed by atoms with Crippen LogP contribution in [0.4, 0.5) is 0 Å². The van der Waals surface area contributed by atoms with Gasteiger partial charge in [0.05, 0.1) is 19.8 Å². The van der Waals surface area contributed by atoms with Crippen molar-refractivity contribution in [3.05, 3.63) is 12.2 Å². The maximum Gasteiger partial charge on any atom is 0.239 e. The third-order valence-corrected chi connectivity index (χ3v) is 2.01. The fourth-order valence-corrected chi connectivity index (χ4v) is 0.997. The molecule has 18 heavy (non-hydrogen) atoms. The van der Waals surface area contributed by atoms with Crippen molar-refractivity contribution >= 4 is 11.8 Å². The third-order valence-electron chi connectivity index (χ3n) is 2.01. The Bertz CT molecular complexity index is 306. The van der Waals surface area contributed by atoms with Crippen molar-refractivity contribution in [2.75, 3.05) is 26.3 Å². The lowest BCUT2D eigenvalue weighted by molar-refractivity contribution is -0.131. The first-order valence-electron chi connectivity index (χ1n) is 6.00. The second-order valence-electron chi connectivity index (χ2n) is 5.29. The first kappa shape index (κ1) is 16.6. The Balaban J connectivity index is 3.61. The van der Waals surface area contributed by atoms with Crippen LogP contribution in [0.15, 0.2) is 12.2 Å². The van der Waals surface area contributed by atoms with Crippen molar-refractivity contribution in [3.63, 3.8) is 0 Å². The molecule has 0 aliphatic rings. The highest BCUT2D eigenvalue weighted by molar-refractivity contribution is 5.87. The molecule has 0 bridgehead atoms. The molecule has 2 N–H and O–H groups in total. The van der Waals surface area contributed by atoms with Crippen LogP contribution in [0.2, 0.25) is 0 Å². The van der Waals surface area contributed by atoms with Crippen LogP contribution in [-0.2, 0) is 14.3 Å². The number of carbonyl (C=O) groups is 2. The number of rotatable bonds is 7. The minimum absolute atomic E-state index is 0.00338. The molecular weight excluding hydrogens is 232 g/mol. The van der Waals surface area contributed by atoms with Gasteiger partial charge in [-0.15, -0.1) is 0 Å². The lowest BCUT2D eigenvalue weighted by Gasteiger charge is -2.17. The summed E-state index contributed by atoms with van der Waals surface area (Å²) in [6.45, 7) is 12.3. The molecule has 104 valence electrons. The average molecular weight is 256 g/mol. The summed E-state index contributed by atoms with van der Waals surface area (Å²) in [5, 5.41) is 5.23. The fraction of sp³-hybridized carbons (Fsp3) is 0.692. The molecule has 2 amide bonds. The Morgan fingerprint density at radius 2 is 1.83 bits per heavy atom. The minimum atomic E-state index is -0.481. The Kier molecular flexibility index (Phi) is 7.27. The van der Waals surface area contributed by atoms with Gasteiger partial charge in [-0.2, -0.15) is 0 Å². The molecule has 0 atom stereocenters. The van der Waals surface area contributed by atoms with Crippen LogP contribution in [0.1, 0.15) is 27.7 Å². The molecule has 5 heteroatoms. The molecule has 0 aliphatic heterocycles. The van der Waals surface area contributed by atoms with Crippen LogP contribution in [0.3, 0.4) is 0 Å². The summed E-state index contributed by atoms with van der Waals surface area (Å²) in [4.78, 5) is 22.9. The van der Waals surface area contributed by atoms with E-state index in [2.05, 4.69) is 17.2 Å². The monoisotopic (exact) mass is 256 g/mol. The second-order valence-corrected chi connectivity index (χ2v) is 5.29. The van der Waals surface area contributed by atoms with Crippen molar-refractivity contribution in [2.24, 2.45) is 5.41 Å². The normalized spacial score (nSPS) is 10.9. The molecule has 0 aromatic heterocycles. The molecule has 0 fully saturated rings. The smallest absolute Gasteiger partial charge is 0.239 e. The Labute approximate surface area is 109 Å². The number of ether oxygens (including phenoxy) is 1. The van der Waals surface area contributed by atoms with Gasteiger partial charge in [-0.3, -0.25) is 9.59 Å². The van der Waals surface area contributed by atoms with Gasteiger partial charge in [-0.1, -0.05) is 32.9 Å².